The van der Waals surface area contributed by atoms with Crippen LogP contribution in [-0.2, 0) is 9.53 Å². The third kappa shape index (κ3) is 2.51. The van der Waals surface area contributed by atoms with Crippen molar-refractivity contribution in [2.45, 2.75) is 39.0 Å². The van der Waals surface area contributed by atoms with Gasteiger partial charge in [-0.1, -0.05) is 13.3 Å². The highest BCUT2D eigenvalue weighted by molar-refractivity contribution is 5.77. The fraction of sp³-hybridized carbons (Fsp3) is 0.917. The Morgan fingerprint density at radius 1 is 1.53 bits per heavy atom. The lowest BCUT2D eigenvalue weighted by Crippen LogP contribution is -2.35. The Kier molecular flexibility index (Phi) is 3.29. The van der Waals surface area contributed by atoms with E-state index in [1.54, 1.807) is 0 Å². The summed E-state index contributed by atoms with van der Waals surface area (Å²) in [4.78, 5) is 12.0. The molecule has 0 aromatic carbocycles. The van der Waals surface area contributed by atoms with Crippen molar-refractivity contribution in [1.82, 2.24) is 5.32 Å². The molecule has 0 spiro atoms. The molecule has 1 saturated carbocycles. The highest BCUT2D eigenvalue weighted by Gasteiger charge is 2.42. The van der Waals surface area contributed by atoms with Crippen LogP contribution in [0.1, 0.15) is 39.0 Å². The molecule has 1 saturated heterocycles. The summed E-state index contributed by atoms with van der Waals surface area (Å²) in [6, 6.07) is 0. The first-order chi connectivity index (χ1) is 7.27. The molecule has 0 aromatic rings. The minimum Gasteiger partial charge on any atom is -0.465 e. The van der Waals surface area contributed by atoms with E-state index in [2.05, 4.69) is 12.2 Å². The highest BCUT2D eigenvalue weighted by atomic mass is 16.5. The van der Waals surface area contributed by atoms with Crippen LogP contribution in [0.3, 0.4) is 0 Å². The first-order valence-corrected chi connectivity index (χ1v) is 6.15. The Morgan fingerprint density at radius 3 is 2.87 bits per heavy atom. The third-order valence-electron chi connectivity index (χ3n) is 3.55. The van der Waals surface area contributed by atoms with Crippen molar-refractivity contribution in [3.05, 3.63) is 0 Å². The maximum atomic E-state index is 12.0. The number of nitrogens with one attached hydrogen (secondary N) is 1. The van der Waals surface area contributed by atoms with Crippen molar-refractivity contribution >= 4 is 5.97 Å². The van der Waals surface area contributed by atoms with Crippen molar-refractivity contribution in [3.8, 4) is 0 Å². The summed E-state index contributed by atoms with van der Waals surface area (Å²) >= 11 is 0. The van der Waals surface area contributed by atoms with E-state index in [0.717, 1.165) is 32.4 Å². The maximum absolute atomic E-state index is 12.0. The molecular weight excluding hydrogens is 190 g/mol. The third-order valence-corrected chi connectivity index (χ3v) is 3.55. The number of carbonyl (C=O) groups excluding carboxylic acids is 1. The summed E-state index contributed by atoms with van der Waals surface area (Å²) in [7, 11) is 0. The van der Waals surface area contributed by atoms with E-state index in [1.807, 2.05) is 0 Å². The second-order valence-electron chi connectivity index (χ2n) is 5.00. The fourth-order valence-electron chi connectivity index (χ4n) is 2.34. The lowest BCUT2D eigenvalue weighted by molar-refractivity contribution is -0.155. The molecule has 2 rings (SSSR count). The van der Waals surface area contributed by atoms with Gasteiger partial charge in [0.2, 0.25) is 0 Å². The Bertz CT molecular complexity index is 230. The van der Waals surface area contributed by atoms with E-state index in [4.69, 9.17) is 4.74 Å². The lowest BCUT2D eigenvalue weighted by Gasteiger charge is -2.25. The number of rotatable bonds is 5. The molecule has 0 bridgehead atoms. The molecule has 86 valence electrons. The van der Waals surface area contributed by atoms with Crippen molar-refractivity contribution in [2.75, 3.05) is 19.7 Å². The molecule has 3 heteroatoms. The Morgan fingerprint density at radius 2 is 2.33 bits per heavy atom. The van der Waals surface area contributed by atoms with E-state index in [-0.39, 0.29) is 11.4 Å². The van der Waals surface area contributed by atoms with E-state index in [1.165, 1.54) is 12.8 Å². The second kappa shape index (κ2) is 4.52. The normalized spacial score (nSPS) is 30.5. The number of hydrogen-bond donors (Lipinski definition) is 1. The molecule has 1 aliphatic carbocycles. The van der Waals surface area contributed by atoms with Gasteiger partial charge < -0.3 is 10.1 Å². The largest absolute Gasteiger partial charge is 0.465 e. The van der Waals surface area contributed by atoms with Crippen LogP contribution in [0.2, 0.25) is 0 Å². The van der Waals surface area contributed by atoms with Crippen LogP contribution < -0.4 is 5.32 Å². The standard InChI is InChI=1S/C12H21NO2/c1-2-5-12(6-7-13-9-12)11(14)15-8-10-3-4-10/h10,13H,2-9H2,1H3. The van der Waals surface area contributed by atoms with Gasteiger partial charge in [-0.25, -0.2) is 0 Å². The Labute approximate surface area is 91.6 Å². The van der Waals surface area contributed by atoms with Crippen molar-refractivity contribution in [1.29, 1.82) is 0 Å². The predicted octanol–water partition coefficient (Wildman–Crippen LogP) is 1.72. The minimum absolute atomic E-state index is 0.0428. The summed E-state index contributed by atoms with van der Waals surface area (Å²) in [5, 5.41) is 3.28. The van der Waals surface area contributed by atoms with Crippen molar-refractivity contribution < 1.29 is 9.53 Å². The number of esters is 1. The molecule has 0 aromatic heterocycles. The van der Waals surface area contributed by atoms with Crippen molar-refractivity contribution in [3.63, 3.8) is 0 Å². The minimum atomic E-state index is -0.205. The molecule has 2 aliphatic rings. The second-order valence-corrected chi connectivity index (χ2v) is 5.00. The van der Waals surface area contributed by atoms with Gasteiger partial charge in [0.15, 0.2) is 0 Å². The summed E-state index contributed by atoms with van der Waals surface area (Å²) < 4.78 is 5.43. The monoisotopic (exact) mass is 211 g/mol. The predicted molar refractivity (Wildman–Crippen MR) is 58.5 cm³/mol. The van der Waals surface area contributed by atoms with Crippen LogP contribution >= 0.6 is 0 Å². The van der Waals surface area contributed by atoms with Gasteiger partial charge in [0.1, 0.15) is 0 Å². The van der Waals surface area contributed by atoms with Gasteiger partial charge in [-0.2, -0.15) is 0 Å². The van der Waals surface area contributed by atoms with Gasteiger partial charge in [-0.3, -0.25) is 4.79 Å². The molecule has 3 nitrogen and oxygen atoms in total. The van der Waals surface area contributed by atoms with E-state index >= 15 is 0 Å². The first kappa shape index (κ1) is 10.9. The van der Waals surface area contributed by atoms with Crippen LogP contribution in [0.15, 0.2) is 0 Å². The van der Waals surface area contributed by atoms with Gasteiger partial charge in [-0.15, -0.1) is 0 Å². The molecule has 1 aliphatic heterocycles. The SMILES string of the molecule is CCCC1(C(=O)OCC2CC2)CCNC1. The number of carbonyl (C=O) groups is 1. The highest BCUT2D eigenvalue weighted by Crippen LogP contribution is 2.34. The summed E-state index contributed by atoms with van der Waals surface area (Å²) in [5.74, 6) is 0.711. The summed E-state index contributed by atoms with van der Waals surface area (Å²) in [6.07, 6.45) is 5.45. The zero-order valence-corrected chi connectivity index (χ0v) is 9.55. The zero-order valence-electron chi connectivity index (χ0n) is 9.55. The Hall–Kier alpha value is -0.570. The van der Waals surface area contributed by atoms with Gasteiger partial charge in [-0.05, 0) is 38.1 Å². The molecule has 1 heterocycles. The zero-order chi connectivity index (χ0) is 10.7. The molecule has 0 radical (unpaired) electrons. The number of ether oxygens (including phenoxy) is 1. The smallest absolute Gasteiger partial charge is 0.313 e. The van der Waals surface area contributed by atoms with E-state index < -0.39 is 0 Å². The quantitative estimate of drug-likeness (QED) is 0.704. The lowest BCUT2D eigenvalue weighted by atomic mass is 9.82. The average molecular weight is 211 g/mol. The van der Waals surface area contributed by atoms with Gasteiger partial charge in [0.25, 0.3) is 0 Å². The molecule has 2 fully saturated rings. The first-order valence-electron chi connectivity index (χ1n) is 6.15. The van der Waals surface area contributed by atoms with Gasteiger partial charge in [0.05, 0.1) is 12.0 Å². The fourth-order valence-corrected chi connectivity index (χ4v) is 2.34. The molecule has 1 N–H and O–H groups in total. The Balaban J connectivity index is 1.87. The number of hydrogen-bond acceptors (Lipinski definition) is 3. The van der Waals surface area contributed by atoms with Crippen LogP contribution in [0.4, 0.5) is 0 Å². The van der Waals surface area contributed by atoms with E-state index in [0.29, 0.717) is 12.5 Å². The molecule has 1 atom stereocenters. The van der Waals surface area contributed by atoms with E-state index in [9.17, 15) is 4.79 Å². The molecule has 1 unspecified atom stereocenters. The van der Waals surface area contributed by atoms with Crippen LogP contribution in [0, 0.1) is 11.3 Å². The van der Waals surface area contributed by atoms with Crippen LogP contribution in [0.5, 0.6) is 0 Å². The van der Waals surface area contributed by atoms with Crippen LogP contribution in [0.25, 0.3) is 0 Å². The average Bonchev–Trinajstić information content (AvgIpc) is 2.94. The summed E-state index contributed by atoms with van der Waals surface area (Å²) in [5.41, 5.74) is -0.205. The van der Waals surface area contributed by atoms with Crippen LogP contribution in [-0.4, -0.2) is 25.7 Å². The maximum Gasteiger partial charge on any atom is 0.313 e. The van der Waals surface area contributed by atoms with Gasteiger partial charge >= 0.3 is 5.97 Å². The van der Waals surface area contributed by atoms with Gasteiger partial charge in [0, 0.05) is 6.54 Å². The molecule has 15 heavy (non-hydrogen) atoms. The summed E-state index contributed by atoms with van der Waals surface area (Å²) in [6.45, 7) is 4.56. The molecular formula is C12H21NO2. The topological polar surface area (TPSA) is 38.3 Å². The molecule has 0 amide bonds. The van der Waals surface area contributed by atoms with Crippen molar-refractivity contribution in [2.24, 2.45) is 11.3 Å².